The zero-order chi connectivity index (χ0) is 11.9. The number of hydrogen-bond acceptors (Lipinski definition) is 3. The monoisotopic (exact) mass is 273 g/mol. The molecule has 0 heterocycles. The van der Waals surface area contributed by atoms with Crippen molar-refractivity contribution in [3.63, 3.8) is 0 Å². The predicted octanol–water partition coefficient (Wildman–Crippen LogP) is 0.582. The van der Waals surface area contributed by atoms with Gasteiger partial charge < -0.3 is 5.32 Å². The van der Waals surface area contributed by atoms with Crippen LogP contribution in [0.15, 0.2) is 0 Å². The standard InChI is InChI=1S/C9H23N3O2S.ClH/c1-5-6-7-12(4)15(13,14)11-8-9(2)10-3;/h9-11H,5-8H2,1-4H3;1H. The summed E-state index contributed by atoms with van der Waals surface area (Å²) in [6.07, 6.45) is 1.88. The first-order chi connectivity index (χ1) is 6.94. The Kier molecular flexibility index (Phi) is 10.6. The average Bonchev–Trinajstić information content (AvgIpc) is 2.22. The predicted molar refractivity (Wildman–Crippen MR) is 70.2 cm³/mol. The number of halogens is 1. The largest absolute Gasteiger partial charge is 0.316 e. The van der Waals surface area contributed by atoms with Crippen LogP contribution < -0.4 is 10.0 Å². The van der Waals surface area contributed by atoms with E-state index in [4.69, 9.17) is 0 Å². The quantitative estimate of drug-likeness (QED) is 0.680. The minimum Gasteiger partial charge on any atom is -0.316 e. The number of unbranched alkanes of at least 4 members (excludes halogenated alkanes) is 1. The summed E-state index contributed by atoms with van der Waals surface area (Å²) >= 11 is 0. The van der Waals surface area contributed by atoms with Crippen molar-refractivity contribution >= 4 is 22.6 Å². The summed E-state index contributed by atoms with van der Waals surface area (Å²) in [6.45, 7) is 4.95. The van der Waals surface area contributed by atoms with Gasteiger partial charge in [0.15, 0.2) is 0 Å². The van der Waals surface area contributed by atoms with Gasteiger partial charge in [0.25, 0.3) is 10.2 Å². The Bertz CT molecular complexity index is 259. The molecule has 0 aliphatic carbocycles. The molecule has 0 bridgehead atoms. The molecule has 0 aromatic rings. The van der Waals surface area contributed by atoms with Crippen LogP contribution in [0.25, 0.3) is 0 Å². The molecule has 16 heavy (non-hydrogen) atoms. The van der Waals surface area contributed by atoms with Crippen LogP contribution in [0.2, 0.25) is 0 Å². The molecular formula is C9H24ClN3O2S. The molecule has 0 saturated heterocycles. The van der Waals surface area contributed by atoms with Crippen molar-refractivity contribution < 1.29 is 8.42 Å². The summed E-state index contributed by atoms with van der Waals surface area (Å²) in [5.74, 6) is 0. The Morgan fingerprint density at radius 3 is 2.38 bits per heavy atom. The highest BCUT2D eigenvalue weighted by Gasteiger charge is 2.16. The van der Waals surface area contributed by atoms with Crippen molar-refractivity contribution in [1.82, 2.24) is 14.3 Å². The third kappa shape index (κ3) is 7.40. The highest BCUT2D eigenvalue weighted by molar-refractivity contribution is 7.87. The van der Waals surface area contributed by atoms with E-state index in [2.05, 4.69) is 10.0 Å². The fraction of sp³-hybridized carbons (Fsp3) is 1.00. The van der Waals surface area contributed by atoms with E-state index in [1.807, 2.05) is 13.8 Å². The zero-order valence-electron chi connectivity index (χ0n) is 10.5. The van der Waals surface area contributed by atoms with E-state index in [1.165, 1.54) is 4.31 Å². The number of rotatable bonds is 8. The molecule has 0 amide bonds. The molecule has 2 N–H and O–H groups in total. The van der Waals surface area contributed by atoms with Crippen LogP contribution in [0.1, 0.15) is 26.7 Å². The Balaban J connectivity index is 0. The summed E-state index contributed by atoms with van der Waals surface area (Å²) < 4.78 is 27.2. The van der Waals surface area contributed by atoms with Gasteiger partial charge in [-0.3, -0.25) is 0 Å². The Morgan fingerprint density at radius 1 is 1.38 bits per heavy atom. The van der Waals surface area contributed by atoms with Crippen LogP contribution in [0.3, 0.4) is 0 Å². The van der Waals surface area contributed by atoms with Gasteiger partial charge in [0, 0.05) is 26.2 Å². The molecule has 0 aromatic heterocycles. The van der Waals surface area contributed by atoms with Gasteiger partial charge in [-0.05, 0) is 20.4 Å². The normalized spacial score (nSPS) is 13.6. The van der Waals surface area contributed by atoms with Gasteiger partial charge in [-0.2, -0.15) is 12.7 Å². The highest BCUT2D eigenvalue weighted by Crippen LogP contribution is 1.97. The number of hydrogen-bond donors (Lipinski definition) is 2. The van der Waals surface area contributed by atoms with E-state index in [9.17, 15) is 8.42 Å². The van der Waals surface area contributed by atoms with Crippen molar-refractivity contribution in [2.45, 2.75) is 32.7 Å². The molecule has 0 radical (unpaired) electrons. The van der Waals surface area contributed by atoms with Gasteiger partial charge in [0.2, 0.25) is 0 Å². The fourth-order valence-electron chi connectivity index (χ4n) is 0.944. The van der Waals surface area contributed by atoms with Gasteiger partial charge in [-0.15, -0.1) is 12.4 Å². The van der Waals surface area contributed by atoms with Gasteiger partial charge in [-0.1, -0.05) is 13.3 Å². The van der Waals surface area contributed by atoms with Crippen LogP contribution in [0.5, 0.6) is 0 Å². The Labute approximate surface area is 106 Å². The van der Waals surface area contributed by atoms with Gasteiger partial charge in [0.1, 0.15) is 0 Å². The lowest BCUT2D eigenvalue weighted by Gasteiger charge is -2.19. The summed E-state index contributed by atoms with van der Waals surface area (Å²) in [7, 11) is 0.110. The second kappa shape index (κ2) is 9.18. The van der Waals surface area contributed by atoms with Gasteiger partial charge >= 0.3 is 0 Å². The second-order valence-corrected chi connectivity index (χ2v) is 5.58. The molecule has 100 valence electrons. The minimum absolute atomic E-state index is 0. The first-order valence-corrected chi connectivity index (χ1v) is 6.76. The maximum atomic E-state index is 11.6. The lowest BCUT2D eigenvalue weighted by atomic mass is 10.3. The summed E-state index contributed by atoms with van der Waals surface area (Å²) in [4.78, 5) is 0. The number of nitrogens with zero attached hydrogens (tertiary/aromatic N) is 1. The molecule has 0 spiro atoms. The molecule has 0 aromatic carbocycles. The zero-order valence-corrected chi connectivity index (χ0v) is 12.1. The van der Waals surface area contributed by atoms with Crippen molar-refractivity contribution in [2.24, 2.45) is 0 Å². The Morgan fingerprint density at radius 2 is 1.94 bits per heavy atom. The number of likely N-dealkylation sites (N-methyl/N-ethyl adjacent to an activating group) is 1. The molecule has 0 aliphatic rings. The van der Waals surface area contributed by atoms with E-state index in [0.29, 0.717) is 13.1 Å². The lowest BCUT2D eigenvalue weighted by molar-refractivity contribution is 0.444. The molecule has 0 aliphatic heterocycles. The van der Waals surface area contributed by atoms with E-state index in [0.717, 1.165) is 12.8 Å². The molecular weight excluding hydrogens is 250 g/mol. The molecule has 0 rings (SSSR count). The lowest BCUT2D eigenvalue weighted by Crippen LogP contribution is -2.43. The van der Waals surface area contributed by atoms with Crippen molar-refractivity contribution in [2.75, 3.05) is 27.2 Å². The smallest absolute Gasteiger partial charge is 0.279 e. The maximum Gasteiger partial charge on any atom is 0.279 e. The number of nitrogens with one attached hydrogen (secondary N) is 2. The van der Waals surface area contributed by atoms with E-state index in [1.54, 1.807) is 14.1 Å². The third-order valence-electron chi connectivity index (χ3n) is 2.30. The second-order valence-electron chi connectivity index (χ2n) is 3.72. The van der Waals surface area contributed by atoms with Crippen LogP contribution in [0.4, 0.5) is 0 Å². The molecule has 1 atom stereocenters. The first-order valence-electron chi connectivity index (χ1n) is 5.32. The highest BCUT2D eigenvalue weighted by atomic mass is 35.5. The van der Waals surface area contributed by atoms with Crippen LogP contribution in [-0.2, 0) is 10.2 Å². The van der Waals surface area contributed by atoms with Gasteiger partial charge in [-0.25, -0.2) is 4.72 Å². The Hall–Kier alpha value is 0.120. The summed E-state index contributed by atoms with van der Waals surface area (Å²) in [5.41, 5.74) is 0. The summed E-state index contributed by atoms with van der Waals surface area (Å²) in [5, 5.41) is 2.97. The SMILES string of the molecule is CCCCN(C)S(=O)(=O)NCC(C)NC.Cl. The molecule has 0 fully saturated rings. The van der Waals surface area contributed by atoms with Crippen molar-refractivity contribution in [1.29, 1.82) is 0 Å². The first kappa shape index (κ1) is 18.5. The van der Waals surface area contributed by atoms with E-state index >= 15 is 0 Å². The molecule has 5 nitrogen and oxygen atoms in total. The van der Waals surface area contributed by atoms with Crippen LogP contribution >= 0.6 is 12.4 Å². The van der Waals surface area contributed by atoms with E-state index in [-0.39, 0.29) is 18.4 Å². The summed E-state index contributed by atoms with van der Waals surface area (Å²) in [6, 6.07) is 0.138. The van der Waals surface area contributed by atoms with Gasteiger partial charge in [0.05, 0.1) is 0 Å². The molecule has 1 unspecified atom stereocenters. The molecule has 0 saturated carbocycles. The maximum absolute atomic E-state index is 11.6. The van der Waals surface area contributed by atoms with Crippen LogP contribution in [-0.4, -0.2) is 45.9 Å². The average molecular weight is 274 g/mol. The van der Waals surface area contributed by atoms with Crippen molar-refractivity contribution in [3.05, 3.63) is 0 Å². The minimum atomic E-state index is -3.29. The van der Waals surface area contributed by atoms with Crippen molar-refractivity contribution in [3.8, 4) is 0 Å². The molecule has 7 heteroatoms. The topological polar surface area (TPSA) is 61.4 Å². The van der Waals surface area contributed by atoms with Crippen LogP contribution in [0, 0.1) is 0 Å². The third-order valence-corrected chi connectivity index (χ3v) is 3.84. The fourth-order valence-corrected chi connectivity index (χ4v) is 1.99. The van der Waals surface area contributed by atoms with E-state index < -0.39 is 10.2 Å².